The van der Waals surface area contributed by atoms with E-state index in [1.54, 1.807) is 0 Å². The maximum absolute atomic E-state index is 5.74. The van der Waals surface area contributed by atoms with E-state index in [1.807, 2.05) is 18.2 Å². The lowest BCUT2D eigenvalue weighted by atomic mass is 10.1. The second-order valence-electron chi connectivity index (χ2n) is 4.89. The minimum absolute atomic E-state index is 0.767. The molecule has 3 rings (SSSR count). The zero-order chi connectivity index (χ0) is 11.7. The van der Waals surface area contributed by atoms with E-state index in [2.05, 4.69) is 15.3 Å². The number of imidazole rings is 1. The molecule has 4 nitrogen and oxygen atoms in total. The molecule has 4 heteroatoms. The summed E-state index contributed by atoms with van der Waals surface area (Å²) < 4.78 is 0. The second kappa shape index (κ2) is 4.28. The van der Waals surface area contributed by atoms with E-state index < -0.39 is 0 Å². The zero-order valence-corrected chi connectivity index (χ0v) is 9.87. The number of nitrogens with two attached hydrogens (primary N) is 1. The van der Waals surface area contributed by atoms with Crippen molar-refractivity contribution in [2.45, 2.75) is 25.7 Å². The number of aromatic amines is 1. The molecule has 0 amide bonds. The number of nitrogens with zero attached hydrogens (tertiary/aromatic N) is 1. The van der Waals surface area contributed by atoms with Crippen LogP contribution < -0.4 is 11.1 Å². The van der Waals surface area contributed by atoms with E-state index in [4.69, 9.17) is 5.73 Å². The van der Waals surface area contributed by atoms with Gasteiger partial charge in [-0.2, -0.15) is 0 Å². The molecule has 1 heterocycles. The molecule has 0 bridgehead atoms. The maximum Gasteiger partial charge on any atom is 0.201 e. The minimum atomic E-state index is 0.767. The molecule has 90 valence electrons. The van der Waals surface area contributed by atoms with Crippen molar-refractivity contribution >= 4 is 22.7 Å². The number of fused-ring (bicyclic) bond motifs is 1. The Morgan fingerprint density at radius 1 is 1.35 bits per heavy atom. The topological polar surface area (TPSA) is 66.7 Å². The highest BCUT2D eigenvalue weighted by Gasteiger charge is 2.14. The predicted molar refractivity (Wildman–Crippen MR) is 71.0 cm³/mol. The molecule has 0 saturated heterocycles. The van der Waals surface area contributed by atoms with Crippen LogP contribution in [0.15, 0.2) is 18.2 Å². The molecular formula is C13H18N4. The molecule has 17 heavy (non-hydrogen) atoms. The van der Waals surface area contributed by atoms with E-state index in [0.717, 1.165) is 35.1 Å². The lowest BCUT2D eigenvalue weighted by Gasteiger charge is -2.08. The van der Waals surface area contributed by atoms with Crippen molar-refractivity contribution in [1.29, 1.82) is 0 Å². The fourth-order valence-corrected chi connectivity index (χ4v) is 2.57. The Kier molecular flexibility index (Phi) is 2.63. The van der Waals surface area contributed by atoms with Gasteiger partial charge in [-0.1, -0.05) is 12.8 Å². The number of anilines is 2. The third kappa shape index (κ3) is 2.20. The van der Waals surface area contributed by atoms with Crippen LogP contribution in [0.5, 0.6) is 0 Å². The highest BCUT2D eigenvalue weighted by molar-refractivity contribution is 5.80. The van der Waals surface area contributed by atoms with Crippen LogP contribution >= 0.6 is 0 Å². The van der Waals surface area contributed by atoms with E-state index >= 15 is 0 Å². The molecular weight excluding hydrogens is 212 g/mol. The van der Waals surface area contributed by atoms with Crippen molar-refractivity contribution < 1.29 is 0 Å². The molecule has 0 unspecified atom stereocenters. The summed E-state index contributed by atoms with van der Waals surface area (Å²) in [6, 6.07) is 5.74. The van der Waals surface area contributed by atoms with Gasteiger partial charge in [-0.15, -0.1) is 0 Å². The lowest BCUT2D eigenvalue weighted by Crippen LogP contribution is -2.11. The van der Waals surface area contributed by atoms with Crippen LogP contribution in [-0.4, -0.2) is 16.5 Å². The van der Waals surface area contributed by atoms with Gasteiger partial charge in [-0.25, -0.2) is 4.98 Å². The van der Waals surface area contributed by atoms with Crippen LogP contribution in [0.25, 0.3) is 11.0 Å². The fourth-order valence-electron chi connectivity index (χ4n) is 2.57. The minimum Gasteiger partial charge on any atom is -0.399 e. The van der Waals surface area contributed by atoms with Gasteiger partial charge in [0.2, 0.25) is 5.95 Å². The average molecular weight is 230 g/mol. The Morgan fingerprint density at radius 3 is 3.00 bits per heavy atom. The molecule has 1 aliphatic carbocycles. The third-order valence-electron chi connectivity index (χ3n) is 3.54. The summed E-state index contributed by atoms with van der Waals surface area (Å²) in [4.78, 5) is 7.75. The van der Waals surface area contributed by atoms with Crippen molar-refractivity contribution in [3.05, 3.63) is 18.2 Å². The first-order valence-electron chi connectivity index (χ1n) is 6.30. The van der Waals surface area contributed by atoms with Gasteiger partial charge in [0.1, 0.15) is 0 Å². The SMILES string of the molecule is Nc1ccc2nc(NCC3CCCC3)[nH]c2c1. The van der Waals surface area contributed by atoms with E-state index in [9.17, 15) is 0 Å². The first kappa shape index (κ1) is 10.4. The van der Waals surface area contributed by atoms with Crippen molar-refractivity contribution in [2.75, 3.05) is 17.6 Å². The molecule has 0 atom stereocenters. The van der Waals surface area contributed by atoms with Crippen molar-refractivity contribution in [3.63, 3.8) is 0 Å². The molecule has 1 fully saturated rings. The number of hydrogen-bond donors (Lipinski definition) is 3. The molecule has 1 aliphatic rings. The van der Waals surface area contributed by atoms with E-state index in [0.29, 0.717) is 0 Å². The number of hydrogen-bond acceptors (Lipinski definition) is 3. The molecule has 1 aromatic heterocycles. The van der Waals surface area contributed by atoms with Crippen LogP contribution in [0.1, 0.15) is 25.7 Å². The summed E-state index contributed by atoms with van der Waals surface area (Å²) in [5.41, 5.74) is 8.47. The second-order valence-corrected chi connectivity index (χ2v) is 4.89. The molecule has 0 aliphatic heterocycles. The summed E-state index contributed by atoms with van der Waals surface area (Å²) in [6.45, 7) is 1.02. The molecule has 1 aromatic carbocycles. The standard InChI is InChI=1S/C13H18N4/c14-10-5-6-11-12(7-10)17-13(16-11)15-8-9-3-1-2-4-9/h5-7,9H,1-4,8,14H2,(H2,15,16,17). The molecule has 2 aromatic rings. The van der Waals surface area contributed by atoms with Crippen molar-refractivity contribution in [2.24, 2.45) is 5.92 Å². The summed E-state index contributed by atoms with van der Waals surface area (Å²) >= 11 is 0. The first-order valence-corrected chi connectivity index (χ1v) is 6.30. The van der Waals surface area contributed by atoms with Crippen molar-refractivity contribution in [3.8, 4) is 0 Å². The average Bonchev–Trinajstić information content (AvgIpc) is 2.94. The van der Waals surface area contributed by atoms with Crippen LogP contribution in [0.4, 0.5) is 11.6 Å². The van der Waals surface area contributed by atoms with Crippen LogP contribution in [0, 0.1) is 5.92 Å². The molecule has 0 radical (unpaired) electrons. The van der Waals surface area contributed by atoms with Gasteiger partial charge >= 0.3 is 0 Å². The van der Waals surface area contributed by atoms with Gasteiger partial charge < -0.3 is 16.0 Å². The highest BCUT2D eigenvalue weighted by atomic mass is 15.1. The van der Waals surface area contributed by atoms with E-state index in [1.165, 1.54) is 25.7 Å². The molecule has 4 N–H and O–H groups in total. The molecule has 1 saturated carbocycles. The summed E-state index contributed by atoms with van der Waals surface area (Å²) in [7, 11) is 0. The summed E-state index contributed by atoms with van der Waals surface area (Å²) in [6.07, 6.45) is 5.45. The number of rotatable bonds is 3. The van der Waals surface area contributed by atoms with Gasteiger partial charge in [0.25, 0.3) is 0 Å². The quantitative estimate of drug-likeness (QED) is 0.710. The van der Waals surface area contributed by atoms with Gasteiger partial charge in [0.15, 0.2) is 0 Å². The van der Waals surface area contributed by atoms with Gasteiger partial charge in [0, 0.05) is 12.2 Å². The summed E-state index contributed by atoms with van der Waals surface area (Å²) in [5, 5.41) is 3.39. The Balaban J connectivity index is 1.72. The Labute approximate surface area is 101 Å². The zero-order valence-electron chi connectivity index (χ0n) is 9.87. The fraction of sp³-hybridized carbons (Fsp3) is 0.462. The summed E-state index contributed by atoms with van der Waals surface area (Å²) in [5.74, 6) is 1.67. The number of nitrogens with one attached hydrogen (secondary N) is 2. The predicted octanol–water partition coefficient (Wildman–Crippen LogP) is 2.75. The largest absolute Gasteiger partial charge is 0.399 e. The Morgan fingerprint density at radius 2 is 2.18 bits per heavy atom. The monoisotopic (exact) mass is 230 g/mol. The lowest BCUT2D eigenvalue weighted by molar-refractivity contribution is 0.578. The smallest absolute Gasteiger partial charge is 0.201 e. The molecule has 0 spiro atoms. The van der Waals surface area contributed by atoms with Gasteiger partial charge in [-0.3, -0.25) is 0 Å². The van der Waals surface area contributed by atoms with Gasteiger partial charge in [-0.05, 0) is 37.0 Å². The Hall–Kier alpha value is -1.71. The van der Waals surface area contributed by atoms with E-state index in [-0.39, 0.29) is 0 Å². The Bertz CT molecular complexity index is 511. The number of nitrogen functional groups attached to an aromatic ring is 1. The third-order valence-corrected chi connectivity index (χ3v) is 3.54. The van der Waals surface area contributed by atoms with Crippen LogP contribution in [-0.2, 0) is 0 Å². The highest BCUT2D eigenvalue weighted by Crippen LogP contribution is 2.25. The number of benzene rings is 1. The van der Waals surface area contributed by atoms with Crippen LogP contribution in [0.2, 0.25) is 0 Å². The number of aromatic nitrogens is 2. The van der Waals surface area contributed by atoms with Gasteiger partial charge in [0.05, 0.1) is 11.0 Å². The van der Waals surface area contributed by atoms with Crippen LogP contribution in [0.3, 0.4) is 0 Å². The normalized spacial score (nSPS) is 16.7. The first-order chi connectivity index (χ1) is 8.31. The van der Waals surface area contributed by atoms with Crippen molar-refractivity contribution in [1.82, 2.24) is 9.97 Å². The number of H-pyrrole nitrogens is 1. The maximum atomic E-state index is 5.74.